The molecule has 0 aliphatic carbocycles. The van der Waals surface area contributed by atoms with Crippen molar-refractivity contribution in [2.75, 3.05) is 5.32 Å². The monoisotopic (exact) mass is 364 g/mol. The summed E-state index contributed by atoms with van der Waals surface area (Å²) in [6.07, 6.45) is 0.435. The molecule has 0 spiro atoms. The van der Waals surface area contributed by atoms with Crippen molar-refractivity contribution < 1.29 is 14.0 Å². The Morgan fingerprint density at radius 1 is 1.27 bits per heavy atom. The Morgan fingerprint density at radius 2 is 1.95 bits per heavy atom. The first-order chi connectivity index (χ1) is 10.6. The molecule has 0 saturated carbocycles. The molecule has 4 nitrogen and oxygen atoms in total. The van der Waals surface area contributed by atoms with Crippen LogP contribution >= 0.6 is 15.9 Å². The van der Waals surface area contributed by atoms with Crippen LogP contribution in [0.5, 0.6) is 0 Å². The van der Waals surface area contributed by atoms with Crippen LogP contribution in [0.25, 0.3) is 0 Å². The predicted octanol–water partition coefficient (Wildman–Crippen LogP) is 3.97. The van der Waals surface area contributed by atoms with Gasteiger partial charge >= 0.3 is 0 Å². The molecule has 0 heterocycles. The fraction of sp³-hybridized carbons (Fsp3) is 0.125. The van der Waals surface area contributed by atoms with Gasteiger partial charge < -0.3 is 10.2 Å². The number of carbonyl (C=O) groups excluding carboxylic acids is 1. The first-order valence-electron chi connectivity index (χ1n) is 6.56. The van der Waals surface area contributed by atoms with Crippen molar-refractivity contribution in [2.24, 2.45) is 5.16 Å². The molecule has 2 aromatic rings. The smallest absolute Gasteiger partial charge is 0.267 e. The zero-order chi connectivity index (χ0) is 15.9. The first-order valence-corrected chi connectivity index (χ1v) is 7.35. The summed E-state index contributed by atoms with van der Waals surface area (Å²) >= 11 is 3.32. The fourth-order valence-corrected chi connectivity index (χ4v) is 1.85. The van der Waals surface area contributed by atoms with Gasteiger partial charge in [0.25, 0.3) is 5.91 Å². The van der Waals surface area contributed by atoms with Crippen LogP contribution in [0, 0.1) is 5.82 Å². The molecule has 0 unspecified atom stereocenters. The average molecular weight is 365 g/mol. The van der Waals surface area contributed by atoms with Gasteiger partial charge in [0.05, 0.1) is 6.21 Å². The van der Waals surface area contributed by atoms with Crippen LogP contribution in [-0.2, 0) is 9.63 Å². The van der Waals surface area contributed by atoms with Gasteiger partial charge in [-0.3, -0.25) is 4.79 Å². The van der Waals surface area contributed by atoms with E-state index in [4.69, 9.17) is 4.84 Å². The molecule has 1 N–H and O–H groups in total. The highest BCUT2D eigenvalue weighted by Crippen LogP contribution is 2.14. The van der Waals surface area contributed by atoms with Crippen molar-refractivity contribution in [3.63, 3.8) is 0 Å². The van der Waals surface area contributed by atoms with Gasteiger partial charge in [0, 0.05) is 15.7 Å². The largest absolute Gasteiger partial charge is 0.383 e. The van der Waals surface area contributed by atoms with Gasteiger partial charge in [-0.25, -0.2) is 4.39 Å². The Morgan fingerprint density at radius 3 is 2.64 bits per heavy atom. The van der Waals surface area contributed by atoms with Gasteiger partial charge in [0.2, 0.25) is 6.10 Å². The number of rotatable bonds is 5. The maximum Gasteiger partial charge on any atom is 0.267 e. The zero-order valence-corrected chi connectivity index (χ0v) is 13.4. The van der Waals surface area contributed by atoms with Gasteiger partial charge in [-0.2, -0.15) is 0 Å². The molecule has 6 heteroatoms. The highest BCUT2D eigenvalue weighted by atomic mass is 79.9. The summed E-state index contributed by atoms with van der Waals surface area (Å²) < 4.78 is 14.3. The van der Waals surface area contributed by atoms with Gasteiger partial charge in [-0.15, -0.1) is 0 Å². The molecule has 114 valence electrons. The zero-order valence-electron chi connectivity index (χ0n) is 11.8. The Bertz CT molecular complexity index is 674. The van der Waals surface area contributed by atoms with E-state index >= 15 is 0 Å². The van der Waals surface area contributed by atoms with Crippen molar-refractivity contribution in [1.29, 1.82) is 0 Å². The molecule has 0 aliphatic heterocycles. The van der Waals surface area contributed by atoms with Gasteiger partial charge in [-0.05, 0) is 37.3 Å². The number of nitrogens with zero attached hydrogens (tertiary/aromatic N) is 1. The first kappa shape index (κ1) is 16.2. The number of amides is 1. The third-order valence-electron chi connectivity index (χ3n) is 2.80. The molecule has 0 aliphatic rings. The van der Waals surface area contributed by atoms with Crippen molar-refractivity contribution >= 4 is 33.7 Å². The standard InChI is InChI=1S/C16H14BrFN2O2/c1-11(16(21)20-14-8-6-13(17)7-9-14)22-19-10-12-4-2-3-5-15(12)18/h2-11H,1H3,(H,20,21)/b19-10-/t11-/m1/s1. The molecule has 0 radical (unpaired) electrons. The number of hydrogen-bond donors (Lipinski definition) is 1. The summed E-state index contributed by atoms with van der Waals surface area (Å²) in [7, 11) is 0. The molecular formula is C16H14BrFN2O2. The highest BCUT2D eigenvalue weighted by molar-refractivity contribution is 9.10. The summed E-state index contributed by atoms with van der Waals surface area (Å²) in [5.74, 6) is -0.741. The second kappa shape index (κ2) is 7.70. The molecule has 2 aromatic carbocycles. The SMILES string of the molecule is C[C@@H](O/N=C\c1ccccc1F)C(=O)Nc1ccc(Br)cc1. The van der Waals surface area contributed by atoms with E-state index in [-0.39, 0.29) is 5.91 Å². The minimum absolute atomic E-state index is 0.294. The van der Waals surface area contributed by atoms with Crippen LogP contribution in [0.2, 0.25) is 0 Å². The van der Waals surface area contributed by atoms with Crippen molar-refractivity contribution in [3.05, 3.63) is 64.4 Å². The number of anilines is 1. The normalized spacial score (nSPS) is 12.1. The summed E-state index contributed by atoms with van der Waals surface area (Å²) in [4.78, 5) is 17.0. The third kappa shape index (κ3) is 4.66. The summed E-state index contributed by atoms with van der Waals surface area (Å²) in [6.45, 7) is 1.56. The molecule has 2 rings (SSSR count). The molecule has 0 fully saturated rings. The number of benzene rings is 2. The number of hydrogen-bond acceptors (Lipinski definition) is 3. The van der Waals surface area contributed by atoms with E-state index in [2.05, 4.69) is 26.4 Å². The maximum absolute atomic E-state index is 13.4. The number of halogens is 2. The van der Waals surface area contributed by atoms with Crippen LogP contribution in [0.3, 0.4) is 0 Å². The Hall–Kier alpha value is -2.21. The maximum atomic E-state index is 13.4. The Balaban J connectivity index is 1.89. The third-order valence-corrected chi connectivity index (χ3v) is 3.33. The second-order valence-corrected chi connectivity index (χ2v) is 5.42. The number of nitrogens with one attached hydrogen (secondary N) is 1. The quantitative estimate of drug-likeness (QED) is 0.644. The second-order valence-electron chi connectivity index (χ2n) is 4.50. The minimum Gasteiger partial charge on any atom is -0.383 e. The predicted molar refractivity (Wildman–Crippen MR) is 87.3 cm³/mol. The van der Waals surface area contributed by atoms with Crippen molar-refractivity contribution in [2.45, 2.75) is 13.0 Å². The topological polar surface area (TPSA) is 50.7 Å². The summed E-state index contributed by atoms with van der Waals surface area (Å²) in [6, 6.07) is 13.3. The molecule has 22 heavy (non-hydrogen) atoms. The molecule has 1 amide bonds. The molecule has 1 atom stereocenters. The van der Waals surface area contributed by atoms with Crippen LogP contribution in [0.1, 0.15) is 12.5 Å². The highest BCUT2D eigenvalue weighted by Gasteiger charge is 2.14. The lowest BCUT2D eigenvalue weighted by Gasteiger charge is -2.10. The molecule has 0 saturated heterocycles. The molecule has 0 aromatic heterocycles. The van der Waals surface area contributed by atoms with E-state index in [1.165, 1.54) is 12.3 Å². The Labute approximate surface area is 136 Å². The van der Waals surface area contributed by atoms with Crippen LogP contribution in [0.15, 0.2) is 58.2 Å². The van der Waals surface area contributed by atoms with Crippen LogP contribution < -0.4 is 5.32 Å². The molecular weight excluding hydrogens is 351 g/mol. The van der Waals surface area contributed by atoms with Gasteiger partial charge in [-0.1, -0.05) is 39.3 Å². The van der Waals surface area contributed by atoms with E-state index < -0.39 is 11.9 Å². The average Bonchev–Trinajstić information content (AvgIpc) is 2.51. The lowest BCUT2D eigenvalue weighted by atomic mass is 10.2. The summed E-state index contributed by atoms with van der Waals surface area (Å²) in [5, 5.41) is 6.34. The number of oxime groups is 1. The lowest BCUT2D eigenvalue weighted by molar-refractivity contribution is -0.126. The summed E-state index contributed by atoms with van der Waals surface area (Å²) in [5.41, 5.74) is 0.949. The number of carbonyl (C=O) groups is 1. The lowest BCUT2D eigenvalue weighted by Crippen LogP contribution is -2.26. The van der Waals surface area contributed by atoms with Crippen molar-refractivity contribution in [1.82, 2.24) is 0 Å². The van der Waals surface area contributed by atoms with Crippen molar-refractivity contribution in [3.8, 4) is 0 Å². The van der Waals surface area contributed by atoms with E-state index in [0.717, 1.165) is 4.47 Å². The molecule has 0 bridgehead atoms. The van der Waals surface area contributed by atoms with E-state index in [0.29, 0.717) is 11.3 Å². The van der Waals surface area contributed by atoms with Gasteiger partial charge in [0.15, 0.2) is 0 Å². The van der Waals surface area contributed by atoms with E-state index in [1.807, 2.05) is 12.1 Å². The van der Waals surface area contributed by atoms with Gasteiger partial charge in [0.1, 0.15) is 5.82 Å². The van der Waals surface area contributed by atoms with Crippen LogP contribution in [-0.4, -0.2) is 18.2 Å². The van der Waals surface area contributed by atoms with E-state index in [1.54, 1.807) is 37.3 Å². The van der Waals surface area contributed by atoms with Crippen LogP contribution in [0.4, 0.5) is 10.1 Å². The Kier molecular flexibility index (Phi) is 5.66. The fourth-order valence-electron chi connectivity index (χ4n) is 1.58. The minimum atomic E-state index is -0.799. The van der Waals surface area contributed by atoms with E-state index in [9.17, 15) is 9.18 Å².